The number of ether oxygens (including phenoxy) is 2. The predicted molar refractivity (Wildman–Crippen MR) is 236 cm³/mol. The number of nitrogens with one attached hydrogen (secondary N) is 4. The van der Waals surface area contributed by atoms with Gasteiger partial charge in [0.25, 0.3) is 5.91 Å². The van der Waals surface area contributed by atoms with Crippen molar-refractivity contribution >= 4 is 34.8 Å². The number of rotatable bonds is 11. The van der Waals surface area contributed by atoms with E-state index in [4.69, 9.17) is 19.4 Å². The third-order valence-corrected chi connectivity index (χ3v) is 12.2. The Morgan fingerprint density at radius 1 is 0.661 bits per heavy atom. The highest BCUT2D eigenvalue weighted by atomic mass is 16.5. The molecule has 14 nitrogen and oxygen atoms in total. The fourth-order valence-electron chi connectivity index (χ4n) is 8.77. The first-order valence-electron chi connectivity index (χ1n) is 21.1. The lowest BCUT2D eigenvalue weighted by Gasteiger charge is -2.30. The molecule has 0 radical (unpaired) electrons. The average molecular weight is 837 g/mol. The van der Waals surface area contributed by atoms with Crippen LogP contribution in [0, 0.1) is 12.8 Å². The predicted octanol–water partition coefficient (Wildman–Crippen LogP) is 8.40. The van der Waals surface area contributed by atoms with E-state index in [9.17, 15) is 19.2 Å². The highest BCUT2D eigenvalue weighted by Gasteiger charge is 2.39. The molecule has 0 aliphatic carbocycles. The largest absolute Gasteiger partial charge is 0.453 e. The third-order valence-electron chi connectivity index (χ3n) is 12.2. The second-order valence-corrected chi connectivity index (χ2v) is 16.4. The van der Waals surface area contributed by atoms with Gasteiger partial charge in [-0.1, -0.05) is 86.6 Å². The number of aryl methyl sites for hydroxylation is 1. The number of nitrogens with zero attached hydrogens (tertiary/aromatic N) is 4. The molecule has 4 N–H and O–H groups in total. The summed E-state index contributed by atoms with van der Waals surface area (Å²) in [5.74, 6) is 0.981. The molecule has 0 bridgehead atoms. The van der Waals surface area contributed by atoms with Crippen molar-refractivity contribution in [3.05, 3.63) is 120 Å². The van der Waals surface area contributed by atoms with Gasteiger partial charge < -0.3 is 39.9 Å². The third kappa shape index (κ3) is 8.49. The van der Waals surface area contributed by atoms with Crippen LogP contribution < -0.4 is 10.6 Å². The van der Waals surface area contributed by atoms with Crippen LogP contribution in [0.3, 0.4) is 0 Å². The van der Waals surface area contributed by atoms with E-state index in [1.54, 1.807) is 4.90 Å². The molecule has 2 fully saturated rings. The van der Waals surface area contributed by atoms with Crippen LogP contribution in [0.2, 0.25) is 0 Å². The standard InChI is InChI=1S/C48H52N8O6/c1-28(2)41(53-47(59)61-4)45(57)55-22-8-12-39(55)44-50-27-38(52-44)35-21-20-33-24-32(18-19-34(33)25-35)30-14-16-31(17-15-30)37-26-49-43(51-37)40-13-9-23-56(40)46(58)42(54-48(60)62-5)36-11-7-6-10-29(36)3/h6-7,10-11,14-21,24-28,39-42H,8-9,12-13,22-23H2,1-5H3,(H,49,51)(H,50,52)(H,53,59)(H,54,60)/t39-,40-,41-,42+/m0/s1. The molecule has 2 aliphatic heterocycles. The molecule has 4 amide bonds. The van der Waals surface area contributed by atoms with Gasteiger partial charge >= 0.3 is 12.2 Å². The van der Waals surface area contributed by atoms with Crippen LogP contribution in [0.5, 0.6) is 0 Å². The van der Waals surface area contributed by atoms with Crippen molar-refractivity contribution in [2.24, 2.45) is 5.92 Å². The molecule has 0 spiro atoms. The number of fused-ring (bicyclic) bond motifs is 1. The zero-order valence-corrected chi connectivity index (χ0v) is 35.6. The fourth-order valence-corrected chi connectivity index (χ4v) is 8.77. The molecule has 14 heteroatoms. The molecule has 4 atom stereocenters. The molecule has 62 heavy (non-hydrogen) atoms. The summed E-state index contributed by atoms with van der Waals surface area (Å²) in [5, 5.41) is 7.64. The zero-order chi connectivity index (χ0) is 43.5. The number of hydrogen-bond donors (Lipinski definition) is 4. The highest BCUT2D eigenvalue weighted by Crippen LogP contribution is 2.36. The lowest BCUT2D eigenvalue weighted by molar-refractivity contribution is -0.135. The first-order valence-corrected chi connectivity index (χ1v) is 21.1. The van der Waals surface area contributed by atoms with Gasteiger partial charge in [-0.3, -0.25) is 9.59 Å². The Morgan fingerprint density at radius 2 is 1.18 bits per heavy atom. The van der Waals surface area contributed by atoms with Crippen LogP contribution in [0.15, 0.2) is 97.3 Å². The minimum absolute atomic E-state index is 0.108. The quantitative estimate of drug-likeness (QED) is 0.101. The second-order valence-electron chi connectivity index (χ2n) is 16.4. The summed E-state index contributed by atoms with van der Waals surface area (Å²) in [6.07, 6.45) is 5.53. The summed E-state index contributed by atoms with van der Waals surface area (Å²) < 4.78 is 9.65. The summed E-state index contributed by atoms with van der Waals surface area (Å²) in [4.78, 5) is 72.0. The number of H-pyrrole nitrogens is 2. The van der Waals surface area contributed by atoms with E-state index in [2.05, 4.69) is 81.3 Å². The summed E-state index contributed by atoms with van der Waals surface area (Å²) in [6.45, 7) is 6.88. The normalized spacial score (nSPS) is 17.3. The molecular formula is C48H52N8O6. The molecule has 6 aromatic rings. The molecule has 2 saturated heterocycles. The van der Waals surface area contributed by atoms with E-state index < -0.39 is 24.3 Å². The van der Waals surface area contributed by atoms with E-state index in [1.165, 1.54) is 14.2 Å². The van der Waals surface area contributed by atoms with Crippen molar-refractivity contribution < 1.29 is 28.7 Å². The number of carbonyl (C=O) groups excluding carboxylic acids is 4. The average Bonchev–Trinajstić information content (AvgIpc) is 4.14. The van der Waals surface area contributed by atoms with Crippen molar-refractivity contribution in [2.75, 3.05) is 27.3 Å². The van der Waals surface area contributed by atoms with E-state index in [0.29, 0.717) is 18.9 Å². The van der Waals surface area contributed by atoms with Crippen molar-refractivity contribution in [2.45, 2.75) is 70.6 Å². The smallest absolute Gasteiger partial charge is 0.407 e. The number of methoxy groups -OCH3 is 2. The van der Waals surface area contributed by atoms with Gasteiger partial charge in [-0.15, -0.1) is 0 Å². The summed E-state index contributed by atoms with van der Waals surface area (Å²) >= 11 is 0. The maximum atomic E-state index is 14.1. The Kier molecular flexibility index (Phi) is 12.1. The number of likely N-dealkylation sites (tertiary alicyclic amines) is 2. The zero-order valence-electron chi connectivity index (χ0n) is 35.6. The number of alkyl carbamates (subject to hydrolysis) is 2. The number of aromatic amines is 2. The Hall–Kier alpha value is -6.96. The lowest BCUT2D eigenvalue weighted by Crippen LogP contribution is -2.51. The molecule has 0 saturated carbocycles. The number of amides is 4. The highest BCUT2D eigenvalue weighted by molar-refractivity contribution is 5.91. The van der Waals surface area contributed by atoms with Crippen LogP contribution in [-0.2, 0) is 19.1 Å². The molecule has 4 aromatic carbocycles. The summed E-state index contributed by atoms with van der Waals surface area (Å²) in [6, 6.07) is 26.6. The van der Waals surface area contributed by atoms with Crippen LogP contribution in [-0.4, -0.2) is 87.1 Å². The van der Waals surface area contributed by atoms with Gasteiger partial charge in [0, 0.05) is 18.7 Å². The van der Waals surface area contributed by atoms with Gasteiger partial charge in [-0.05, 0) is 89.2 Å². The monoisotopic (exact) mass is 836 g/mol. The van der Waals surface area contributed by atoms with Gasteiger partial charge in [0.05, 0.1) is 50.1 Å². The molecule has 2 aliphatic rings. The van der Waals surface area contributed by atoms with Gasteiger partial charge in [0.15, 0.2) is 0 Å². The topological polar surface area (TPSA) is 175 Å². The maximum absolute atomic E-state index is 14.1. The minimum Gasteiger partial charge on any atom is -0.453 e. The first kappa shape index (κ1) is 41.8. The lowest BCUT2D eigenvalue weighted by atomic mass is 9.98. The molecule has 320 valence electrons. The van der Waals surface area contributed by atoms with Crippen LogP contribution >= 0.6 is 0 Å². The van der Waals surface area contributed by atoms with E-state index in [1.807, 2.05) is 62.3 Å². The Balaban J connectivity index is 0.946. The molecule has 2 aromatic heterocycles. The van der Waals surface area contributed by atoms with E-state index >= 15 is 0 Å². The van der Waals surface area contributed by atoms with E-state index in [-0.39, 0.29) is 29.8 Å². The summed E-state index contributed by atoms with van der Waals surface area (Å²) in [5.41, 5.74) is 7.47. The number of hydrogen-bond acceptors (Lipinski definition) is 8. The van der Waals surface area contributed by atoms with Crippen LogP contribution in [0.25, 0.3) is 44.4 Å². The fraction of sp³-hybridized carbons (Fsp3) is 0.333. The Morgan fingerprint density at radius 3 is 1.77 bits per heavy atom. The van der Waals surface area contributed by atoms with E-state index in [0.717, 1.165) is 87.0 Å². The van der Waals surface area contributed by atoms with Gasteiger partial charge in [0.2, 0.25) is 5.91 Å². The van der Waals surface area contributed by atoms with Crippen LogP contribution in [0.4, 0.5) is 9.59 Å². The molecule has 0 unspecified atom stereocenters. The molecule has 4 heterocycles. The van der Waals surface area contributed by atoms with Crippen LogP contribution in [0.1, 0.15) is 80.4 Å². The van der Waals surface area contributed by atoms with Crippen molar-refractivity contribution in [3.63, 3.8) is 0 Å². The Bertz CT molecular complexity index is 2600. The SMILES string of the molecule is COC(=O)N[C@H](C(=O)N1CCC[C@H]1c1ncc(-c2ccc3cc(-c4ccc(-c5cnc([C@@H]6CCCN6C(=O)[C@H](NC(=O)OC)c6ccccc6C)[nH]5)cc4)ccc3c2)[nH]1)C(C)C. The van der Waals surface area contributed by atoms with Gasteiger partial charge in [0.1, 0.15) is 23.7 Å². The van der Waals surface area contributed by atoms with Gasteiger partial charge in [-0.25, -0.2) is 19.6 Å². The van der Waals surface area contributed by atoms with Crippen molar-refractivity contribution in [1.29, 1.82) is 0 Å². The van der Waals surface area contributed by atoms with Crippen molar-refractivity contribution in [1.82, 2.24) is 40.4 Å². The first-order chi connectivity index (χ1) is 30.0. The molecule has 8 rings (SSSR count). The summed E-state index contributed by atoms with van der Waals surface area (Å²) in [7, 11) is 2.58. The Labute approximate surface area is 360 Å². The number of imidazole rings is 2. The molecular weight excluding hydrogens is 785 g/mol. The van der Waals surface area contributed by atoms with Crippen molar-refractivity contribution in [3.8, 4) is 33.6 Å². The number of benzene rings is 4. The maximum Gasteiger partial charge on any atom is 0.407 e. The second kappa shape index (κ2) is 17.9. The minimum atomic E-state index is -0.885. The number of aromatic nitrogens is 4. The number of carbonyl (C=O) groups is 4. The van der Waals surface area contributed by atoms with Gasteiger partial charge in [-0.2, -0.15) is 0 Å².